The molecule has 4 nitrogen and oxygen atoms in total. The van der Waals surface area contributed by atoms with E-state index < -0.39 is 0 Å². The highest BCUT2D eigenvalue weighted by atomic mass is 16.5. The molecule has 0 aliphatic heterocycles. The first-order valence-electron chi connectivity index (χ1n) is 6.74. The number of Topliss-reactive ketones (excluding diaryl/α,β-unsaturated/α-hetero) is 1. The number of phenols is 1. The first kappa shape index (κ1) is 14.4. The summed E-state index contributed by atoms with van der Waals surface area (Å²) in [6.07, 6.45) is 4.30. The van der Waals surface area contributed by atoms with Crippen LogP contribution in [0.3, 0.4) is 0 Å². The number of allylic oxidation sites excluding steroid dienone is 1. The van der Waals surface area contributed by atoms with Gasteiger partial charge in [-0.25, -0.2) is 0 Å². The van der Waals surface area contributed by atoms with Crippen LogP contribution in [0.25, 0.3) is 6.08 Å². The summed E-state index contributed by atoms with van der Waals surface area (Å²) in [5.41, 5.74) is 1.63. The van der Waals surface area contributed by atoms with Crippen LogP contribution < -0.4 is 9.47 Å². The summed E-state index contributed by atoms with van der Waals surface area (Å²) in [4.78, 5) is 12.0. The fourth-order valence-electron chi connectivity index (χ4n) is 2.44. The summed E-state index contributed by atoms with van der Waals surface area (Å²) in [7, 11) is 2.97. The van der Waals surface area contributed by atoms with Gasteiger partial charge in [0.15, 0.2) is 17.3 Å². The van der Waals surface area contributed by atoms with Gasteiger partial charge in [-0.1, -0.05) is 6.92 Å². The van der Waals surface area contributed by atoms with Crippen LogP contribution in [0.1, 0.15) is 31.7 Å². The summed E-state index contributed by atoms with van der Waals surface area (Å²) in [6, 6.07) is 3.41. The van der Waals surface area contributed by atoms with E-state index in [0.29, 0.717) is 23.8 Å². The van der Waals surface area contributed by atoms with Crippen LogP contribution in [-0.2, 0) is 4.79 Å². The van der Waals surface area contributed by atoms with Crippen LogP contribution in [-0.4, -0.2) is 25.1 Å². The Kier molecular flexibility index (Phi) is 4.32. The molecule has 20 heavy (non-hydrogen) atoms. The zero-order chi connectivity index (χ0) is 14.7. The molecule has 1 fully saturated rings. The maximum Gasteiger partial charge on any atom is 0.200 e. The van der Waals surface area contributed by atoms with Gasteiger partial charge < -0.3 is 14.6 Å². The molecular formula is C16H20O4. The zero-order valence-corrected chi connectivity index (χ0v) is 12.1. The van der Waals surface area contributed by atoms with E-state index in [4.69, 9.17) is 9.47 Å². The van der Waals surface area contributed by atoms with E-state index in [1.54, 1.807) is 12.1 Å². The molecule has 2 rings (SSSR count). The fraction of sp³-hybridized carbons (Fsp3) is 0.438. The van der Waals surface area contributed by atoms with Crippen molar-refractivity contribution in [2.24, 2.45) is 5.92 Å². The Morgan fingerprint density at radius 1 is 1.25 bits per heavy atom. The Bertz CT molecular complexity index is 520. The van der Waals surface area contributed by atoms with Gasteiger partial charge in [0, 0.05) is 6.42 Å². The van der Waals surface area contributed by atoms with Gasteiger partial charge >= 0.3 is 0 Å². The molecule has 0 bridgehead atoms. The Hall–Kier alpha value is -1.97. The van der Waals surface area contributed by atoms with Gasteiger partial charge in [-0.05, 0) is 48.1 Å². The van der Waals surface area contributed by atoms with Crippen molar-refractivity contribution in [1.82, 2.24) is 0 Å². The topological polar surface area (TPSA) is 55.8 Å². The Morgan fingerprint density at radius 2 is 1.85 bits per heavy atom. The molecule has 4 heteroatoms. The summed E-state index contributed by atoms with van der Waals surface area (Å²) in [5.74, 6) is 1.32. The highest BCUT2D eigenvalue weighted by Gasteiger charge is 2.20. The number of aromatic hydroxyl groups is 1. The van der Waals surface area contributed by atoms with E-state index in [9.17, 15) is 9.90 Å². The molecule has 1 aromatic carbocycles. The average molecular weight is 276 g/mol. The summed E-state index contributed by atoms with van der Waals surface area (Å²) in [6.45, 7) is 2.10. The SMILES string of the molecule is COc1cc(/C=C2/CC[C@@H](C)CC2=O)cc(OC)c1O. The normalized spacial score (nSPS) is 21.1. The van der Waals surface area contributed by atoms with Gasteiger partial charge in [0.2, 0.25) is 5.75 Å². The predicted octanol–water partition coefficient (Wildman–Crippen LogP) is 3.18. The number of ketones is 1. The molecule has 1 N–H and O–H groups in total. The maximum absolute atomic E-state index is 12.0. The molecule has 1 atom stereocenters. The minimum Gasteiger partial charge on any atom is -0.502 e. The Balaban J connectivity index is 2.36. The van der Waals surface area contributed by atoms with Crippen molar-refractivity contribution >= 4 is 11.9 Å². The van der Waals surface area contributed by atoms with Gasteiger partial charge in [-0.2, -0.15) is 0 Å². The lowest BCUT2D eigenvalue weighted by atomic mass is 9.85. The number of methoxy groups -OCH3 is 2. The van der Waals surface area contributed by atoms with Crippen LogP contribution in [0.15, 0.2) is 17.7 Å². The van der Waals surface area contributed by atoms with Crippen molar-refractivity contribution in [3.63, 3.8) is 0 Å². The third-order valence-corrected chi connectivity index (χ3v) is 3.64. The van der Waals surface area contributed by atoms with Crippen LogP contribution >= 0.6 is 0 Å². The van der Waals surface area contributed by atoms with E-state index in [1.807, 2.05) is 6.08 Å². The van der Waals surface area contributed by atoms with Crippen LogP contribution in [0.5, 0.6) is 17.2 Å². The number of ether oxygens (including phenoxy) is 2. The van der Waals surface area contributed by atoms with Crippen molar-refractivity contribution < 1.29 is 19.4 Å². The number of carbonyl (C=O) groups is 1. The minimum absolute atomic E-state index is 0.0271. The molecule has 0 aromatic heterocycles. The Labute approximate surface area is 119 Å². The van der Waals surface area contributed by atoms with Crippen molar-refractivity contribution in [1.29, 1.82) is 0 Å². The highest BCUT2D eigenvalue weighted by Crippen LogP contribution is 2.38. The van der Waals surface area contributed by atoms with Crippen molar-refractivity contribution in [2.45, 2.75) is 26.2 Å². The third kappa shape index (κ3) is 2.95. The molecular weight excluding hydrogens is 256 g/mol. The van der Waals surface area contributed by atoms with Crippen LogP contribution in [0.2, 0.25) is 0 Å². The molecule has 0 saturated heterocycles. The van der Waals surface area contributed by atoms with E-state index in [2.05, 4.69) is 6.92 Å². The van der Waals surface area contributed by atoms with Crippen molar-refractivity contribution in [3.8, 4) is 17.2 Å². The van der Waals surface area contributed by atoms with Gasteiger partial charge in [-0.3, -0.25) is 4.79 Å². The Morgan fingerprint density at radius 3 is 2.35 bits per heavy atom. The summed E-state index contributed by atoms with van der Waals surface area (Å²) >= 11 is 0. The molecule has 1 aliphatic rings. The molecule has 0 spiro atoms. The first-order chi connectivity index (χ1) is 9.55. The number of phenolic OH excluding ortho intramolecular Hbond substituents is 1. The number of hydrogen-bond acceptors (Lipinski definition) is 4. The number of carbonyl (C=O) groups excluding carboxylic acids is 1. The zero-order valence-electron chi connectivity index (χ0n) is 12.1. The summed E-state index contributed by atoms with van der Waals surface area (Å²) in [5, 5.41) is 9.87. The lowest BCUT2D eigenvalue weighted by Gasteiger charge is -2.19. The van der Waals surface area contributed by atoms with E-state index in [-0.39, 0.29) is 11.5 Å². The van der Waals surface area contributed by atoms with Gasteiger partial charge in [-0.15, -0.1) is 0 Å². The van der Waals surface area contributed by atoms with E-state index in [0.717, 1.165) is 24.0 Å². The third-order valence-electron chi connectivity index (χ3n) is 3.64. The molecule has 1 aliphatic carbocycles. The lowest BCUT2D eigenvalue weighted by molar-refractivity contribution is -0.117. The lowest BCUT2D eigenvalue weighted by Crippen LogP contribution is -2.15. The number of benzene rings is 1. The fourth-order valence-corrected chi connectivity index (χ4v) is 2.44. The second-order valence-corrected chi connectivity index (χ2v) is 5.21. The molecule has 0 radical (unpaired) electrons. The van der Waals surface area contributed by atoms with Crippen molar-refractivity contribution in [3.05, 3.63) is 23.3 Å². The summed E-state index contributed by atoms with van der Waals surface area (Å²) < 4.78 is 10.2. The van der Waals surface area contributed by atoms with E-state index in [1.165, 1.54) is 14.2 Å². The quantitative estimate of drug-likeness (QED) is 0.861. The van der Waals surface area contributed by atoms with Crippen molar-refractivity contribution in [2.75, 3.05) is 14.2 Å². The second-order valence-electron chi connectivity index (χ2n) is 5.21. The second kappa shape index (κ2) is 5.99. The van der Waals surface area contributed by atoms with Gasteiger partial charge in [0.1, 0.15) is 0 Å². The predicted molar refractivity (Wildman–Crippen MR) is 77.2 cm³/mol. The number of hydrogen-bond donors (Lipinski definition) is 1. The highest BCUT2D eigenvalue weighted by molar-refractivity contribution is 6.00. The monoisotopic (exact) mass is 276 g/mol. The smallest absolute Gasteiger partial charge is 0.200 e. The first-order valence-corrected chi connectivity index (χ1v) is 6.74. The molecule has 0 amide bonds. The van der Waals surface area contributed by atoms with Gasteiger partial charge in [0.05, 0.1) is 14.2 Å². The number of rotatable bonds is 3. The average Bonchev–Trinajstić information content (AvgIpc) is 2.43. The minimum atomic E-state index is -0.0271. The molecule has 108 valence electrons. The standard InChI is InChI=1S/C16H20O4/c1-10-4-5-12(13(17)6-10)7-11-8-14(19-2)16(18)15(9-11)20-3/h7-10,18H,4-6H2,1-3H3/b12-7-/t10-/m1/s1. The molecule has 0 heterocycles. The largest absolute Gasteiger partial charge is 0.502 e. The van der Waals surface area contributed by atoms with Crippen LogP contribution in [0, 0.1) is 5.92 Å². The molecule has 1 aromatic rings. The molecule has 1 saturated carbocycles. The van der Waals surface area contributed by atoms with Crippen LogP contribution in [0.4, 0.5) is 0 Å². The van der Waals surface area contributed by atoms with E-state index >= 15 is 0 Å². The maximum atomic E-state index is 12.0. The molecule has 0 unspecified atom stereocenters. The van der Waals surface area contributed by atoms with Gasteiger partial charge in [0.25, 0.3) is 0 Å².